The second kappa shape index (κ2) is 8.26. The summed E-state index contributed by atoms with van der Waals surface area (Å²) in [5, 5.41) is 0. The van der Waals surface area contributed by atoms with Gasteiger partial charge in [0.15, 0.2) is 5.78 Å². The quantitative estimate of drug-likeness (QED) is 0.359. The van der Waals surface area contributed by atoms with Gasteiger partial charge in [0.1, 0.15) is 12.0 Å². The van der Waals surface area contributed by atoms with Crippen molar-refractivity contribution in [3.05, 3.63) is 95.2 Å². The van der Waals surface area contributed by atoms with E-state index in [0.717, 1.165) is 16.7 Å². The Morgan fingerprint density at radius 1 is 0.935 bits per heavy atom. The van der Waals surface area contributed by atoms with Gasteiger partial charge in [-0.15, -0.1) is 0 Å². The summed E-state index contributed by atoms with van der Waals surface area (Å²) in [6.07, 6.45) is 1.70. The zero-order valence-corrected chi connectivity index (χ0v) is 17.8. The van der Waals surface area contributed by atoms with Crippen LogP contribution in [0.5, 0.6) is 0 Å². The lowest BCUT2D eigenvalue weighted by molar-refractivity contribution is -0.363. The number of H-pyrrole nitrogens is 1. The number of nitrogens with zero attached hydrogens (tertiary/aromatic N) is 1. The summed E-state index contributed by atoms with van der Waals surface area (Å²) in [6.45, 7) is 6.14. The highest BCUT2D eigenvalue weighted by molar-refractivity contribution is 6.48. The van der Waals surface area contributed by atoms with Crippen molar-refractivity contribution in [2.75, 3.05) is 4.90 Å². The number of hydrogen-bond donors (Lipinski definition) is 0. The van der Waals surface area contributed by atoms with Crippen LogP contribution in [0.1, 0.15) is 52.9 Å². The second-order valence-electron chi connectivity index (χ2n) is 8.26. The van der Waals surface area contributed by atoms with Gasteiger partial charge in [0.05, 0.1) is 6.20 Å². The topological polar surface area (TPSA) is 68.6 Å². The monoisotopic (exact) mass is 413 g/mol. The van der Waals surface area contributed by atoms with E-state index < -0.39 is 23.7 Å². The Balaban J connectivity index is 1.83. The minimum absolute atomic E-state index is 0.338. The highest BCUT2D eigenvalue weighted by Gasteiger charge is 2.57. The first-order valence-corrected chi connectivity index (χ1v) is 10.4. The summed E-state index contributed by atoms with van der Waals surface area (Å²) in [5.41, 5.74) is 3.36. The van der Waals surface area contributed by atoms with Crippen LogP contribution in [0.4, 0.5) is 5.82 Å². The number of aromatic amines is 1. The molecular weight excluding hydrogens is 388 g/mol. The van der Waals surface area contributed by atoms with Crippen LogP contribution in [0.2, 0.25) is 0 Å². The minimum Gasteiger partial charge on any atom is -0.293 e. The van der Waals surface area contributed by atoms with Crippen molar-refractivity contribution in [2.24, 2.45) is 5.92 Å². The maximum Gasteiger partial charge on any atom is 0.378 e. The molecule has 2 atom stereocenters. The average Bonchev–Trinajstić information content (AvgIpc) is 3.05. The predicted molar refractivity (Wildman–Crippen MR) is 118 cm³/mol. The molecule has 156 valence electrons. The molecule has 0 radical (unpaired) electrons. The van der Waals surface area contributed by atoms with Gasteiger partial charge in [-0.2, -0.15) is 4.90 Å². The molecule has 4 rings (SSSR count). The molecule has 31 heavy (non-hydrogen) atoms. The largest absolute Gasteiger partial charge is 0.378 e. The number of benzene rings is 2. The summed E-state index contributed by atoms with van der Waals surface area (Å²) in [7, 11) is 0. The first-order valence-electron chi connectivity index (χ1n) is 10.4. The van der Waals surface area contributed by atoms with Crippen molar-refractivity contribution in [1.82, 2.24) is 0 Å². The number of carbonyl (C=O) groups excluding carboxylic acids is 3. The third kappa shape index (κ3) is 3.79. The average molecular weight is 413 g/mol. The van der Waals surface area contributed by atoms with Gasteiger partial charge in [-0.3, -0.25) is 9.59 Å². The summed E-state index contributed by atoms with van der Waals surface area (Å²) in [4.78, 5) is 44.1. The molecule has 0 spiro atoms. The van der Waals surface area contributed by atoms with Gasteiger partial charge in [-0.05, 0) is 30.0 Å². The third-order valence-corrected chi connectivity index (χ3v) is 5.82. The van der Waals surface area contributed by atoms with Crippen LogP contribution >= 0.6 is 0 Å². The Hall–Kier alpha value is -3.60. The van der Waals surface area contributed by atoms with E-state index in [0.29, 0.717) is 17.3 Å². The zero-order valence-electron chi connectivity index (χ0n) is 17.8. The lowest BCUT2D eigenvalue weighted by Crippen LogP contribution is -2.34. The number of aryl methyl sites for hydroxylation is 1. The van der Waals surface area contributed by atoms with Gasteiger partial charge in [0, 0.05) is 11.6 Å². The van der Waals surface area contributed by atoms with Crippen LogP contribution in [-0.2, 0) is 9.59 Å². The number of ketones is 2. The Labute approximate surface area is 181 Å². The Morgan fingerprint density at radius 3 is 2.19 bits per heavy atom. The molecule has 1 aromatic heterocycles. The van der Waals surface area contributed by atoms with E-state index in [4.69, 9.17) is 0 Å². The molecule has 5 heteroatoms. The molecule has 1 aliphatic rings. The molecule has 2 heterocycles. The summed E-state index contributed by atoms with van der Waals surface area (Å²) < 4.78 is 0. The molecule has 1 amide bonds. The standard InChI is InChI=1S/C26H24N2O3/c1-16(2)18-11-13-19(14-12-18)23-22(24(29)20-9-7-17(3)8-10-20)25(30)26(31)28(23)21-6-4-5-15-27-21/h4-16,22-23H,1-3H3/p+1. The number of rotatable bonds is 5. The SMILES string of the molecule is Cc1ccc(C(=O)C2C(=O)C(=O)N(c3cccc[nH+]3)C2c2ccc(C(C)C)cc2)cc1. The van der Waals surface area contributed by atoms with E-state index >= 15 is 0 Å². The van der Waals surface area contributed by atoms with Crippen molar-refractivity contribution in [2.45, 2.75) is 32.7 Å². The highest BCUT2D eigenvalue weighted by Crippen LogP contribution is 2.40. The normalized spacial score (nSPS) is 18.6. The molecule has 0 saturated carbocycles. The number of Topliss-reactive ketones (excluding diaryl/α,β-unsaturated/α-hetero) is 2. The molecule has 1 saturated heterocycles. The molecule has 3 aromatic rings. The highest BCUT2D eigenvalue weighted by atomic mass is 16.2. The second-order valence-corrected chi connectivity index (χ2v) is 8.26. The maximum absolute atomic E-state index is 13.4. The maximum atomic E-state index is 13.4. The first kappa shape index (κ1) is 20.7. The number of aromatic nitrogens is 1. The fraction of sp³-hybridized carbons (Fsp3) is 0.231. The zero-order chi connectivity index (χ0) is 22.1. The van der Waals surface area contributed by atoms with E-state index in [1.54, 1.807) is 36.5 Å². The Morgan fingerprint density at radius 2 is 1.61 bits per heavy atom. The van der Waals surface area contributed by atoms with Crippen LogP contribution in [0, 0.1) is 12.8 Å². The van der Waals surface area contributed by atoms with Gasteiger partial charge in [-0.25, -0.2) is 9.78 Å². The summed E-state index contributed by atoms with van der Waals surface area (Å²) in [6, 6.07) is 19.5. The van der Waals surface area contributed by atoms with Crippen molar-refractivity contribution < 1.29 is 19.4 Å². The molecule has 1 aliphatic heterocycles. The van der Waals surface area contributed by atoms with Gasteiger partial charge >= 0.3 is 5.91 Å². The van der Waals surface area contributed by atoms with Crippen LogP contribution < -0.4 is 9.88 Å². The fourth-order valence-electron chi connectivity index (χ4n) is 4.04. The van der Waals surface area contributed by atoms with E-state index in [1.807, 2.05) is 43.3 Å². The van der Waals surface area contributed by atoms with Gasteiger partial charge < -0.3 is 0 Å². The first-order chi connectivity index (χ1) is 14.9. The molecule has 2 aromatic carbocycles. The Bertz CT molecular complexity index is 1120. The van der Waals surface area contributed by atoms with E-state index in [-0.39, 0.29) is 5.78 Å². The number of carbonyl (C=O) groups is 3. The summed E-state index contributed by atoms with van der Waals surface area (Å²) >= 11 is 0. The summed E-state index contributed by atoms with van der Waals surface area (Å²) in [5.74, 6) is -1.96. The van der Waals surface area contributed by atoms with E-state index in [9.17, 15) is 14.4 Å². The van der Waals surface area contributed by atoms with Gasteiger partial charge in [0.25, 0.3) is 11.6 Å². The van der Waals surface area contributed by atoms with Crippen molar-refractivity contribution in [3.63, 3.8) is 0 Å². The molecule has 1 N–H and O–H groups in total. The molecule has 0 bridgehead atoms. The van der Waals surface area contributed by atoms with Crippen LogP contribution in [-0.4, -0.2) is 17.5 Å². The van der Waals surface area contributed by atoms with E-state index in [1.165, 1.54) is 4.90 Å². The van der Waals surface area contributed by atoms with Crippen molar-refractivity contribution >= 4 is 23.3 Å². The van der Waals surface area contributed by atoms with Crippen molar-refractivity contribution in [1.29, 1.82) is 0 Å². The minimum atomic E-state index is -1.10. The number of nitrogens with one attached hydrogen (secondary N) is 1. The molecule has 1 fully saturated rings. The molecule has 5 nitrogen and oxygen atoms in total. The fourth-order valence-corrected chi connectivity index (χ4v) is 4.04. The lowest BCUT2D eigenvalue weighted by Gasteiger charge is -2.21. The number of pyridine rings is 1. The molecule has 2 unspecified atom stereocenters. The molecule has 0 aliphatic carbocycles. The van der Waals surface area contributed by atoms with Crippen LogP contribution in [0.25, 0.3) is 0 Å². The number of hydrogen-bond acceptors (Lipinski definition) is 3. The molecular formula is C26H25N2O3+. The predicted octanol–water partition coefficient (Wildman–Crippen LogP) is 4.09. The van der Waals surface area contributed by atoms with E-state index in [2.05, 4.69) is 18.8 Å². The smallest absolute Gasteiger partial charge is 0.293 e. The number of amides is 1. The van der Waals surface area contributed by atoms with Crippen LogP contribution in [0.3, 0.4) is 0 Å². The van der Waals surface area contributed by atoms with Crippen LogP contribution in [0.15, 0.2) is 72.9 Å². The van der Waals surface area contributed by atoms with Crippen molar-refractivity contribution in [3.8, 4) is 0 Å². The third-order valence-electron chi connectivity index (χ3n) is 5.82. The Kier molecular flexibility index (Phi) is 5.51. The lowest BCUT2D eigenvalue weighted by atomic mass is 9.85. The van der Waals surface area contributed by atoms with Gasteiger partial charge in [0.2, 0.25) is 0 Å². The van der Waals surface area contributed by atoms with Gasteiger partial charge in [-0.1, -0.05) is 74.0 Å². The number of anilines is 1.